The van der Waals surface area contributed by atoms with E-state index in [0.29, 0.717) is 11.3 Å². The molecule has 0 aliphatic heterocycles. The molecule has 1 aromatic carbocycles. The number of hydrogen-bond acceptors (Lipinski definition) is 4. The lowest BCUT2D eigenvalue weighted by Gasteiger charge is -2.19. The molecular weight excluding hydrogens is 278 g/mol. The number of rotatable bonds is 6. The zero-order valence-electron chi connectivity index (χ0n) is 13.2. The van der Waals surface area contributed by atoms with Gasteiger partial charge in [0.15, 0.2) is 0 Å². The summed E-state index contributed by atoms with van der Waals surface area (Å²) in [6, 6.07) is 10.8. The summed E-state index contributed by atoms with van der Waals surface area (Å²) < 4.78 is 5.08. The van der Waals surface area contributed by atoms with Crippen LogP contribution < -0.4 is 15.0 Å². The van der Waals surface area contributed by atoms with Crippen LogP contribution in [0.15, 0.2) is 42.6 Å². The highest BCUT2D eigenvalue weighted by atomic mass is 16.5. The third-order valence-corrected chi connectivity index (χ3v) is 3.45. The first-order valence-electron chi connectivity index (χ1n) is 7.34. The first-order chi connectivity index (χ1) is 10.7. The van der Waals surface area contributed by atoms with Gasteiger partial charge in [0.05, 0.1) is 19.0 Å². The molecule has 5 nitrogen and oxygen atoms in total. The standard InChI is InChI=1S/C17H21N3O2/c1-4-20(5-2)16-11-8-14(12-18-16)19-17(21)13-6-9-15(22-3)10-7-13/h6-12H,4-5H2,1-3H3,(H,19,21). The fourth-order valence-electron chi connectivity index (χ4n) is 2.14. The Morgan fingerprint density at radius 3 is 2.32 bits per heavy atom. The number of hydrogen-bond donors (Lipinski definition) is 1. The lowest BCUT2D eigenvalue weighted by molar-refractivity contribution is 0.102. The smallest absolute Gasteiger partial charge is 0.255 e. The molecule has 0 spiro atoms. The number of carbonyl (C=O) groups excluding carboxylic acids is 1. The molecule has 22 heavy (non-hydrogen) atoms. The van der Waals surface area contributed by atoms with Gasteiger partial charge in [0, 0.05) is 18.7 Å². The molecule has 2 aromatic rings. The van der Waals surface area contributed by atoms with Crippen molar-refractivity contribution in [3.63, 3.8) is 0 Å². The van der Waals surface area contributed by atoms with E-state index in [1.54, 1.807) is 37.6 Å². The quantitative estimate of drug-likeness (QED) is 0.890. The molecule has 5 heteroatoms. The third kappa shape index (κ3) is 3.75. The van der Waals surface area contributed by atoms with Crippen molar-refractivity contribution in [1.82, 2.24) is 4.98 Å². The van der Waals surface area contributed by atoms with Crippen molar-refractivity contribution >= 4 is 17.4 Å². The highest BCUT2D eigenvalue weighted by molar-refractivity contribution is 6.04. The summed E-state index contributed by atoms with van der Waals surface area (Å²) in [5, 5.41) is 2.84. The summed E-state index contributed by atoms with van der Waals surface area (Å²) in [5.41, 5.74) is 1.25. The summed E-state index contributed by atoms with van der Waals surface area (Å²) >= 11 is 0. The maximum absolute atomic E-state index is 12.2. The van der Waals surface area contributed by atoms with Crippen LogP contribution in [0, 0.1) is 0 Å². The van der Waals surface area contributed by atoms with Gasteiger partial charge in [-0.3, -0.25) is 4.79 Å². The normalized spacial score (nSPS) is 10.1. The average molecular weight is 299 g/mol. The van der Waals surface area contributed by atoms with E-state index in [9.17, 15) is 4.79 Å². The van der Waals surface area contributed by atoms with Crippen molar-refractivity contribution in [3.8, 4) is 5.75 Å². The van der Waals surface area contributed by atoms with Crippen molar-refractivity contribution in [2.24, 2.45) is 0 Å². The first-order valence-corrected chi connectivity index (χ1v) is 7.34. The van der Waals surface area contributed by atoms with Gasteiger partial charge >= 0.3 is 0 Å². The van der Waals surface area contributed by atoms with Gasteiger partial charge in [-0.15, -0.1) is 0 Å². The van der Waals surface area contributed by atoms with E-state index in [2.05, 4.69) is 29.0 Å². The number of amides is 1. The molecule has 1 N–H and O–H groups in total. The van der Waals surface area contributed by atoms with E-state index in [4.69, 9.17) is 4.74 Å². The predicted octanol–water partition coefficient (Wildman–Crippen LogP) is 3.19. The second-order valence-corrected chi connectivity index (χ2v) is 4.76. The second-order valence-electron chi connectivity index (χ2n) is 4.76. The van der Waals surface area contributed by atoms with Crippen molar-refractivity contribution in [2.45, 2.75) is 13.8 Å². The number of anilines is 2. The fraction of sp³-hybridized carbons (Fsp3) is 0.294. The molecule has 0 saturated carbocycles. The van der Waals surface area contributed by atoms with E-state index in [1.807, 2.05) is 12.1 Å². The van der Waals surface area contributed by atoms with Crippen LogP contribution in [0.5, 0.6) is 5.75 Å². The Kier molecular flexibility index (Phi) is 5.36. The summed E-state index contributed by atoms with van der Waals surface area (Å²) in [7, 11) is 1.60. The predicted molar refractivity (Wildman–Crippen MR) is 88.7 cm³/mol. The third-order valence-electron chi connectivity index (χ3n) is 3.45. The lowest BCUT2D eigenvalue weighted by Crippen LogP contribution is -2.22. The maximum Gasteiger partial charge on any atom is 0.255 e. The number of benzene rings is 1. The van der Waals surface area contributed by atoms with Gasteiger partial charge in [-0.2, -0.15) is 0 Å². The van der Waals surface area contributed by atoms with Crippen LogP contribution in [0.25, 0.3) is 0 Å². The number of pyridine rings is 1. The Balaban J connectivity index is 2.04. The first kappa shape index (κ1) is 15.8. The number of nitrogens with one attached hydrogen (secondary N) is 1. The minimum atomic E-state index is -0.167. The van der Waals surface area contributed by atoms with Crippen LogP contribution in [-0.4, -0.2) is 31.1 Å². The molecule has 0 atom stereocenters. The lowest BCUT2D eigenvalue weighted by atomic mass is 10.2. The highest BCUT2D eigenvalue weighted by Crippen LogP contribution is 2.16. The number of ether oxygens (including phenoxy) is 1. The zero-order chi connectivity index (χ0) is 15.9. The average Bonchev–Trinajstić information content (AvgIpc) is 2.57. The van der Waals surface area contributed by atoms with Crippen LogP contribution in [0.2, 0.25) is 0 Å². The van der Waals surface area contributed by atoms with Gasteiger partial charge in [-0.05, 0) is 50.2 Å². The molecule has 0 fully saturated rings. The molecule has 0 saturated heterocycles. The fourth-order valence-corrected chi connectivity index (χ4v) is 2.14. The zero-order valence-corrected chi connectivity index (χ0v) is 13.2. The molecule has 0 aliphatic rings. The summed E-state index contributed by atoms with van der Waals surface area (Å²) in [6.07, 6.45) is 1.68. The molecule has 1 heterocycles. The molecule has 0 radical (unpaired) electrons. The molecule has 0 bridgehead atoms. The largest absolute Gasteiger partial charge is 0.497 e. The van der Waals surface area contributed by atoms with Crippen molar-refractivity contribution in [3.05, 3.63) is 48.2 Å². The van der Waals surface area contributed by atoms with Crippen LogP contribution in [-0.2, 0) is 0 Å². The Bertz CT molecular complexity index is 605. The number of methoxy groups -OCH3 is 1. The van der Waals surface area contributed by atoms with Crippen molar-refractivity contribution in [1.29, 1.82) is 0 Å². The Morgan fingerprint density at radius 2 is 1.82 bits per heavy atom. The van der Waals surface area contributed by atoms with Gasteiger partial charge < -0.3 is 15.0 Å². The van der Waals surface area contributed by atoms with Gasteiger partial charge in [0.1, 0.15) is 11.6 Å². The molecule has 1 amide bonds. The van der Waals surface area contributed by atoms with Gasteiger partial charge in [-0.1, -0.05) is 0 Å². The molecule has 0 aliphatic carbocycles. The molecule has 2 rings (SSSR count). The van der Waals surface area contributed by atoms with Crippen molar-refractivity contribution in [2.75, 3.05) is 30.4 Å². The van der Waals surface area contributed by atoms with E-state index < -0.39 is 0 Å². The monoisotopic (exact) mass is 299 g/mol. The van der Waals surface area contributed by atoms with Gasteiger partial charge in [-0.25, -0.2) is 4.98 Å². The topological polar surface area (TPSA) is 54.5 Å². The summed E-state index contributed by atoms with van der Waals surface area (Å²) in [4.78, 5) is 18.7. The van der Waals surface area contributed by atoms with E-state index in [0.717, 1.165) is 24.7 Å². The molecule has 116 valence electrons. The second kappa shape index (κ2) is 7.45. The van der Waals surface area contributed by atoms with Crippen LogP contribution in [0.4, 0.5) is 11.5 Å². The summed E-state index contributed by atoms with van der Waals surface area (Å²) in [5.74, 6) is 1.47. The highest BCUT2D eigenvalue weighted by Gasteiger charge is 2.08. The van der Waals surface area contributed by atoms with Crippen LogP contribution in [0.1, 0.15) is 24.2 Å². The Hall–Kier alpha value is -2.56. The van der Waals surface area contributed by atoms with Crippen LogP contribution in [0.3, 0.4) is 0 Å². The van der Waals surface area contributed by atoms with Crippen LogP contribution >= 0.6 is 0 Å². The van der Waals surface area contributed by atoms with Gasteiger partial charge in [0.25, 0.3) is 5.91 Å². The minimum absolute atomic E-state index is 0.167. The number of aromatic nitrogens is 1. The molecule has 0 unspecified atom stereocenters. The minimum Gasteiger partial charge on any atom is -0.497 e. The number of carbonyl (C=O) groups is 1. The number of nitrogens with zero attached hydrogens (tertiary/aromatic N) is 2. The van der Waals surface area contributed by atoms with E-state index >= 15 is 0 Å². The van der Waals surface area contributed by atoms with Gasteiger partial charge in [0.2, 0.25) is 0 Å². The Morgan fingerprint density at radius 1 is 1.14 bits per heavy atom. The van der Waals surface area contributed by atoms with E-state index in [1.165, 1.54) is 0 Å². The Labute approximate surface area is 130 Å². The maximum atomic E-state index is 12.2. The molecular formula is C17H21N3O2. The SMILES string of the molecule is CCN(CC)c1ccc(NC(=O)c2ccc(OC)cc2)cn1. The van der Waals surface area contributed by atoms with Crippen molar-refractivity contribution < 1.29 is 9.53 Å². The molecule has 1 aromatic heterocycles. The summed E-state index contributed by atoms with van der Waals surface area (Å²) in [6.45, 7) is 5.98. The van der Waals surface area contributed by atoms with E-state index in [-0.39, 0.29) is 5.91 Å².